The number of hydrogen-bond donors (Lipinski definition) is 0. The summed E-state index contributed by atoms with van der Waals surface area (Å²) >= 11 is 0. The van der Waals surface area contributed by atoms with Crippen molar-refractivity contribution in [2.45, 2.75) is 12.5 Å². The Labute approximate surface area is 162 Å². The summed E-state index contributed by atoms with van der Waals surface area (Å²) in [5, 5.41) is 0. The van der Waals surface area contributed by atoms with E-state index in [1.54, 1.807) is 24.3 Å². The van der Waals surface area contributed by atoms with E-state index in [2.05, 4.69) is 4.74 Å². The summed E-state index contributed by atoms with van der Waals surface area (Å²) in [7, 11) is 0.0944. The fourth-order valence-electron chi connectivity index (χ4n) is 2.76. The molecule has 0 bridgehead atoms. The Kier molecular flexibility index (Phi) is 5.65. The lowest BCUT2D eigenvalue weighted by Crippen LogP contribution is -2.37. The van der Waals surface area contributed by atoms with Gasteiger partial charge >= 0.3 is 11.9 Å². The molecule has 0 aliphatic carbocycles. The molecule has 146 valence electrons. The molecule has 1 atom stereocenters. The number of para-hydroxylation sites is 1. The quantitative estimate of drug-likeness (QED) is 0.430. The maximum Gasteiger partial charge on any atom is 0.353 e. The molecule has 0 radical (unpaired) electrons. The maximum atomic E-state index is 12.5. The van der Waals surface area contributed by atoms with Gasteiger partial charge < -0.3 is 18.9 Å². The van der Waals surface area contributed by atoms with Crippen molar-refractivity contribution in [3.8, 4) is 17.2 Å². The molecule has 0 amide bonds. The van der Waals surface area contributed by atoms with Crippen LogP contribution in [0.2, 0.25) is 0 Å². The van der Waals surface area contributed by atoms with Crippen molar-refractivity contribution in [3.05, 3.63) is 53.6 Å². The topological polar surface area (TPSA) is 105 Å². The van der Waals surface area contributed by atoms with E-state index in [9.17, 15) is 18.0 Å². The molecular formula is C19H16O8S. The summed E-state index contributed by atoms with van der Waals surface area (Å²) in [5.41, 5.74) is 0.592. The van der Waals surface area contributed by atoms with Gasteiger partial charge in [0.05, 0.1) is 19.1 Å². The maximum absolute atomic E-state index is 12.5. The second-order valence-electron chi connectivity index (χ2n) is 5.74. The predicted octanol–water partition coefficient (Wildman–Crippen LogP) is 1.64. The highest BCUT2D eigenvalue weighted by atomic mass is 32.2. The molecule has 0 N–H and O–H groups in total. The van der Waals surface area contributed by atoms with Gasteiger partial charge in [0.1, 0.15) is 22.8 Å². The molecule has 2 aromatic carbocycles. The van der Waals surface area contributed by atoms with Crippen molar-refractivity contribution in [3.63, 3.8) is 0 Å². The van der Waals surface area contributed by atoms with E-state index in [-0.39, 0.29) is 34.1 Å². The number of methoxy groups -OCH3 is 2. The molecule has 0 fully saturated rings. The largest absolute Gasteiger partial charge is 0.496 e. The molecule has 0 spiro atoms. The minimum absolute atomic E-state index is 0.0717. The van der Waals surface area contributed by atoms with Crippen LogP contribution in [0.25, 0.3) is 0 Å². The lowest BCUT2D eigenvalue weighted by atomic mass is 10.0. The smallest absolute Gasteiger partial charge is 0.353 e. The number of carbonyl (C=O) groups is 2. The SMILES string of the molecule is COC(=O)c1ccc(OC(=O)C2CC(=S(=O)=O)c3ccccc3O2)cc1OC. The Hall–Kier alpha value is -3.33. The predicted molar refractivity (Wildman–Crippen MR) is 98.5 cm³/mol. The number of hydrogen-bond acceptors (Lipinski definition) is 8. The zero-order valence-electron chi connectivity index (χ0n) is 15.0. The average Bonchev–Trinajstić information content (AvgIpc) is 2.71. The lowest BCUT2D eigenvalue weighted by Gasteiger charge is -2.24. The van der Waals surface area contributed by atoms with Crippen LogP contribution < -0.4 is 14.2 Å². The van der Waals surface area contributed by atoms with Gasteiger partial charge in [-0.05, 0) is 24.3 Å². The molecule has 28 heavy (non-hydrogen) atoms. The third-order valence-electron chi connectivity index (χ3n) is 4.09. The number of carbonyl (C=O) groups excluding carboxylic acids is 2. The fourth-order valence-corrected chi connectivity index (χ4v) is 3.39. The van der Waals surface area contributed by atoms with Crippen LogP contribution in [0.15, 0.2) is 42.5 Å². The number of rotatable bonds is 4. The molecule has 1 aliphatic heterocycles. The zero-order chi connectivity index (χ0) is 20.3. The zero-order valence-corrected chi connectivity index (χ0v) is 15.8. The standard InChI is InChI=1S/C19H16O8S/c1-24-15-9-11(7-8-13(15)18(20)25-2)26-19(21)16-10-17(28(22)23)12-5-3-4-6-14(12)27-16/h3-9,16H,10H2,1-2H3. The van der Waals surface area contributed by atoms with Crippen molar-refractivity contribution in [1.29, 1.82) is 0 Å². The summed E-state index contributed by atoms with van der Waals surface area (Å²) < 4.78 is 43.8. The van der Waals surface area contributed by atoms with Crippen LogP contribution in [-0.2, 0) is 19.8 Å². The van der Waals surface area contributed by atoms with Crippen LogP contribution in [0, 0.1) is 0 Å². The molecular weight excluding hydrogens is 388 g/mol. The molecule has 0 aromatic heterocycles. The molecule has 0 saturated heterocycles. The Morgan fingerprint density at radius 2 is 1.86 bits per heavy atom. The molecule has 0 saturated carbocycles. The Balaban J connectivity index is 1.84. The van der Waals surface area contributed by atoms with Gasteiger partial charge in [0, 0.05) is 18.1 Å². The van der Waals surface area contributed by atoms with E-state index < -0.39 is 28.3 Å². The first-order valence-electron chi connectivity index (χ1n) is 8.13. The molecule has 3 rings (SSSR count). The van der Waals surface area contributed by atoms with Gasteiger partial charge in [0.25, 0.3) is 0 Å². The third-order valence-corrected chi connectivity index (χ3v) is 4.88. The number of esters is 2. The van der Waals surface area contributed by atoms with Gasteiger partial charge in [-0.3, -0.25) is 0 Å². The Morgan fingerprint density at radius 3 is 2.54 bits per heavy atom. The molecule has 1 unspecified atom stereocenters. The minimum Gasteiger partial charge on any atom is -0.496 e. The van der Waals surface area contributed by atoms with Crippen molar-refractivity contribution in [2.24, 2.45) is 0 Å². The summed E-state index contributed by atoms with van der Waals surface area (Å²) in [6, 6.07) is 10.7. The summed E-state index contributed by atoms with van der Waals surface area (Å²) in [6.07, 6.45) is -1.28. The second kappa shape index (κ2) is 8.13. The van der Waals surface area contributed by atoms with E-state index in [0.29, 0.717) is 5.56 Å². The Bertz CT molecular complexity index is 1060. The van der Waals surface area contributed by atoms with E-state index in [1.807, 2.05) is 0 Å². The first-order chi connectivity index (χ1) is 13.4. The van der Waals surface area contributed by atoms with E-state index in [4.69, 9.17) is 14.2 Å². The van der Waals surface area contributed by atoms with Gasteiger partial charge in [0.2, 0.25) is 16.4 Å². The number of ether oxygens (including phenoxy) is 4. The summed E-state index contributed by atoms with van der Waals surface area (Å²) in [6.45, 7) is 0. The van der Waals surface area contributed by atoms with Gasteiger partial charge in [0.15, 0.2) is 0 Å². The molecule has 8 nitrogen and oxygen atoms in total. The van der Waals surface area contributed by atoms with Crippen LogP contribution in [-0.4, -0.2) is 45.5 Å². The summed E-state index contributed by atoms with van der Waals surface area (Å²) in [4.78, 5) is 24.3. The molecule has 1 heterocycles. The van der Waals surface area contributed by atoms with E-state index in [0.717, 1.165) is 0 Å². The number of fused-ring (bicyclic) bond motifs is 1. The third kappa shape index (κ3) is 3.84. The van der Waals surface area contributed by atoms with Crippen LogP contribution in [0.1, 0.15) is 22.3 Å². The van der Waals surface area contributed by atoms with E-state index in [1.165, 1.54) is 32.4 Å². The van der Waals surface area contributed by atoms with Crippen LogP contribution in [0.4, 0.5) is 0 Å². The van der Waals surface area contributed by atoms with Crippen LogP contribution in [0.3, 0.4) is 0 Å². The highest BCUT2D eigenvalue weighted by Crippen LogP contribution is 2.29. The lowest BCUT2D eigenvalue weighted by molar-refractivity contribution is -0.142. The monoisotopic (exact) mass is 404 g/mol. The molecule has 1 aliphatic rings. The second-order valence-corrected chi connectivity index (χ2v) is 6.70. The highest BCUT2D eigenvalue weighted by Gasteiger charge is 2.32. The first kappa shape index (κ1) is 19.4. The van der Waals surface area contributed by atoms with E-state index >= 15 is 0 Å². The van der Waals surface area contributed by atoms with Gasteiger partial charge in [-0.2, -0.15) is 8.42 Å². The molecule has 2 aromatic rings. The minimum atomic E-state index is -2.50. The van der Waals surface area contributed by atoms with Gasteiger partial charge in [-0.1, -0.05) is 12.1 Å². The normalized spacial score (nSPS) is 15.1. The van der Waals surface area contributed by atoms with Gasteiger partial charge in [-0.15, -0.1) is 0 Å². The van der Waals surface area contributed by atoms with Crippen molar-refractivity contribution in [1.82, 2.24) is 0 Å². The van der Waals surface area contributed by atoms with Crippen LogP contribution >= 0.6 is 0 Å². The van der Waals surface area contributed by atoms with Crippen molar-refractivity contribution < 1.29 is 37.0 Å². The Morgan fingerprint density at radius 1 is 1.11 bits per heavy atom. The molecule has 9 heteroatoms. The average molecular weight is 404 g/mol. The first-order valence-corrected chi connectivity index (χ1v) is 9.21. The van der Waals surface area contributed by atoms with Crippen molar-refractivity contribution >= 4 is 27.1 Å². The van der Waals surface area contributed by atoms with Gasteiger partial charge in [-0.25, -0.2) is 9.59 Å². The highest BCUT2D eigenvalue weighted by molar-refractivity contribution is 7.73. The summed E-state index contributed by atoms with van der Waals surface area (Å²) in [5.74, 6) is -0.806. The number of benzene rings is 2. The van der Waals surface area contributed by atoms with Crippen molar-refractivity contribution in [2.75, 3.05) is 14.2 Å². The fraction of sp³-hybridized carbons (Fsp3) is 0.211. The van der Waals surface area contributed by atoms with Crippen LogP contribution in [0.5, 0.6) is 17.2 Å².